The highest BCUT2D eigenvalue weighted by atomic mass is 16.5. The van der Waals surface area contributed by atoms with E-state index in [0.717, 1.165) is 30.4 Å². The summed E-state index contributed by atoms with van der Waals surface area (Å²) in [6.07, 6.45) is 20.8. The lowest BCUT2D eigenvalue weighted by atomic mass is 9.79. The fourth-order valence-corrected chi connectivity index (χ4v) is 5.17. The van der Waals surface area contributed by atoms with Crippen molar-refractivity contribution in [2.24, 2.45) is 0 Å². The van der Waals surface area contributed by atoms with Gasteiger partial charge in [-0.1, -0.05) is 145 Å². The standard InChI is InChI=1S/C35H62O4/c1-8-9-10-11-12-13-14-15-16-17-18-19-20-21-22-23-28(36)24-25-32(37)39-29-26-30(34(2,3)4)33(38)31(27-29)35(5,6)7/h26-28,36,38H,8-25H2,1-7H3. The number of unbranched alkanes of at least 4 members (excludes halogenated alkanes) is 14. The molecule has 0 spiro atoms. The van der Waals surface area contributed by atoms with Gasteiger partial charge in [0.2, 0.25) is 0 Å². The molecule has 0 fully saturated rings. The van der Waals surface area contributed by atoms with Crippen LogP contribution >= 0.6 is 0 Å². The molecular formula is C35H62O4. The van der Waals surface area contributed by atoms with Crippen LogP contribution in [0.15, 0.2) is 12.1 Å². The van der Waals surface area contributed by atoms with Gasteiger partial charge in [0.15, 0.2) is 0 Å². The summed E-state index contributed by atoms with van der Waals surface area (Å²) >= 11 is 0. The van der Waals surface area contributed by atoms with Crippen molar-refractivity contribution in [3.05, 3.63) is 23.3 Å². The maximum absolute atomic E-state index is 12.5. The Bertz CT molecular complexity index is 765. The first-order valence-electron chi connectivity index (χ1n) is 16.1. The highest BCUT2D eigenvalue weighted by Gasteiger charge is 2.27. The van der Waals surface area contributed by atoms with Crippen LogP contribution in [0.3, 0.4) is 0 Å². The van der Waals surface area contributed by atoms with E-state index in [1.165, 1.54) is 83.5 Å². The second kappa shape index (κ2) is 18.7. The van der Waals surface area contributed by atoms with E-state index < -0.39 is 6.10 Å². The molecule has 0 saturated carbocycles. The van der Waals surface area contributed by atoms with E-state index in [1.54, 1.807) is 12.1 Å². The van der Waals surface area contributed by atoms with Gasteiger partial charge >= 0.3 is 5.97 Å². The molecule has 1 unspecified atom stereocenters. The normalized spacial score (nSPS) is 13.0. The molecule has 0 radical (unpaired) electrons. The van der Waals surface area contributed by atoms with E-state index in [1.807, 2.05) is 41.5 Å². The summed E-state index contributed by atoms with van der Waals surface area (Å²) in [5.74, 6) is 0.397. The molecule has 0 aliphatic heterocycles. The van der Waals surface area contributed by atoms with E-state index in [-0.39, 0.29) is 29.0 Å². The third-order valence-corrected chi connectivity index (χ3v) is 7.75. The molecule has 226 valence electrons. The molecule has 0 aromatic heterocycles. The Kier molecular flexibility index (Phi) is 17.0. The van der Waals surface area contributed by atoms with Crippen LogP contribution in [-0.4, -0.2) is 22.3 Å². The van der Waals surface area contributed by atoms with Gasteiger partial charge in [-0.3, -0.25) is 4.79 Å². The van der Waals surface area contributed by atoms with Crippen LogP contribution in [0.1, 0.15) is 175 Å². The Morgan fingerprint density at radius 2 is 1.08 bits per heavy atom. The molecule has 1 atom stereocenters. The average molecular weight is 547 g/mol. The van der Waals surface area contributed by atoms with Gasteiger partial charge in [-0.2, -0.15) is 0 Å². The number of aliphatic hydroxyl groups is 1. The number of aliphatic hydroxyl groups excluding tert-OH is 1. The summed E-state index contributed by atoms with van der Waals surface area (Å²) in [5, 5.41) is 21.2. The maximum atomic E-state index is 12.5. The van der Waals surface area contributed by atoms with Gasteiger partial charge in [-0.25, -0.2) is 0 Å². The third-order valence-electron chi connectivity index (χ3n) is 7.75. The Morgan fingerprint density at radius 3 is 1.46 bits per heavy atom. The zero-order chi connectivity index (χ0) is 29.3. The predicted molar refractivity (Wildman–Crippen MR) is 166 cm³/mol. The molecule has 1 aromatic rings. The second-order valence-electron chi connectivity index (χ2n) is 13.8. The number of rotatable bonds is 20. The van der Waals surface area contributed by atoms with Crippen molar-refractivity contribution in [2.45, 2.75) is 181 Å². The number of phenolic OH excluding ortho intramolecular Hbond substituents is 1. The topological polar surface area (TPSA) is 66.8 Å². The summed E-state index contributed by atoms with van der Waals surface area (Å²) in [6.45, 7) is 14.5. The molecule has 2 N–H and O–H groups in total. The summed E-state index contributed by atoms with van der Waals surface area (Å²) in [6, 6.07) is 3.54. The molecule has 0 aliphatic rings. The number of ether oxygens (including phenoxy) is 1. The molecule has 4 nitrogen and oxygen atoms in total. The maximum Gasteiger partial charge on any atom is 0.311 e. The predicted octanol–water partition coefficient (Wildman–Crippen LogP) is 10.3. The molecule has 4 heteroatoms. The Morgan fingerprint density at radius 1 is 0.692 bits per heavy atom. The minimum atomic E-state index is -0.463. The Hall–Kier alpha value is -1.55. The average Bonchev–Trinajstić information content (AvgIpc) is 2.84. The van der Waals surface area contributed by atoms with E-state index in [2.05, 4.69) is 6.92 Å². The molecule has 1 rings (SSSR count). The SMILES string of the molecule is CCCCCCCCCCCCCCCCCC(O)CCC(=O)Oc1cc(C(C)(C)C)c(O)c(C(C)(C)C)c1. The smallest absolute Gasteiger partial charge is 0.311 e. The molecule has 0 amide bonds. The van der Waals surface area contributed by atoms with E-state index in [0.29, 0.717) is 12.2 Å². The number of carbonyl (C=O) groups is 1. The fraction of sp³-hybridized carbons (Fsp3) is 0.800. The first-order valence-corrected chi connectivity index (χ1v) is 16.1. The van der Waals surface area contributed by atoms with Crippen molar-refractivity contribution in [2.75, 3.05) is 0 Å². The minimum Gasteiger partial charge on any atom is -0.507 e. The molecule has 39 heavy (non-hydrogen) atoms. The van der Waals surface area contributed by atoms with Crippen molar-refractivity contribution >= 4 is 5.97 Å². The van der Waals surface area contributed by atoms with Crippen LogP contribution in [0.5, 0.6) is 11.5 Å². The summed E-state index contributed by atoms with van der Waals surface area (Å²) in [5.41, 5.74) is 0.975. The second-order valence-corrected chi connectivity index (χ2v) is 13.8. The van der Waals surface area contributed by atoms with E-state index >= 15 is 0 Å². The van der Waals surface area contributed by atoms with E-state index in [4.69, 9.17) is 4.74 Å². The van der Waals surface area contributed by atoms with Gasteiger partial charge in [0.25, 0.3) is 0 Å². The molecular weight excluding hydrogens is 484 g/mol. The van der Waals surface area contributed by atoms with Gasteiger partial charge in [-0.15, -0.1) is 0 Å². The Balaban J connectivity index is 2.21. The van der Waals surface area contributed by atoms with Crippen LogP contribution < -0.4 is 4.74 Å². The van der Waals surface area contributed by atoms with Crippen LogP contribution in [0, 0.1) is 0 Å². The number of carbonyl (C=O) groups excluding carboxylic acids is 1. The van der Waals surface area contributed by atoms with Crippen molar-refractivity contribution in [1.29, 1.82) is 0 Å². The summed E-state index contributed by atoms with van der Waals surface area (Å²) in [4.78, 5) is 12.5. The molecule has 0 aliphatic carbocycles. The number of esters is 1. The third kappa shape index (κ3) is 15.7. The highest BCUT2D eigenvalue weighted by Crippen LogP contribution is 2.41. The number of aromatic hydroxyl groups is 1. The molecule has 0 heterocycles. The molecule has 1 aromatic carbocycles. The van der Waals surface area contributed by atoms with Crippen molar-refractivity contribution < 1.29 is 19.7 Å². The van der Waals surface area contributed by atoms with Crippen molar-refractivity contribution in [1.82, 2.24) is 0 Å². The summed E-state index contributed by atoms with van der Waals surface area (Å²) in [7, 11) is 0. The number of hydrogen-bond donors (Lipinski definition) is 2. The van der Waals surface area contributed by atoms with E-state index in [9.17, 15) is 15.0 Å². The van der Waals surface area contributed by atoms with Crippen LogP contribution in [-0.2, 0) is 15.6 Å². The molecule has 0 saturated heterocycles. The largest absolute Gasteiger partial charge is 0.507 e. The van der Waals surface area contributed by atoms with Crippen molar-refractivity contribution in [3.8, 4) is 11.5 Å². The lowest BCUT2D eigenvalue weighted by molar-refractivity contribution is -0.135. The number of benzene rings is 1. The number of hydrogen-bond acceptors (Lipinski definition) is 4. The highest BCUT2D eigenvalue weighted by molar-refractivity contribution is 5.73. The lowest BCUT2D eigenvalue weighted by Gasteiger charge is -2.28. The Labute approximate surface area is 241 Å². The monoisotopic (exact) mass is 546 g/mol. The summed E-state index contributed by atoms with van der Waals surface area (Å²) < 4.78 is 5.66. The number of phenols is 1. The minimum absolute atomic E-state index is 0.191. The van der Waals surface area contributed by atoms with Crippen LogP contribution in [0.25, 0.3) is 0 Å². The lowest BCUT2D eigenvalue weighted by Crippen LogP contribution is -2.19. The van der Waals surface area contributed by atoms with Gasteiger partial charge in [0, 0.05) is 17.5 Å². The fourth-order valence-electron chi connectivity index (χ4n) is 5.17. The van der Waals surface area contributed by atoms with Crippen molar-refractivity contribution in [3.63, 3.8) is 0 Å². The molecule has 0 bridgehead atoms. The first-order chi connectivity index (χ1) is 18.4. The van der Waals surface area contributed by atoms with Gasteiger partial charge < -0.3 is 14.9 Å². The zero-order valence-electron chi connectivity index (χ0n) is 26.7. The zero-order valence-corrected chi connectivity index (χ0v) is 26.7. The van der Waals surface area contributed by atoms with Gasteiger partial charge in [0.1, 0.15) is 11.5 Å². The first kappa shape index (κ1) is 35.5. The quantitative estimate of drug-likeness (QED) is 0.0969. The van der Waals surface area contributed by atoms with Gasteiger partial charge in [-0.05, 0) is 35.8 Å². The van der Waals surface area contributed by atoms with Crippen LogP contribution in [0.4, 0.5) is 0 Å². The van der Waals surface area contributed by atoms with Gasteiger partial charge in [0.05, 0.1) is 6.10 Å². The van der Waals surface area contributed by atoms with Crippen LogP contribution in [0.2, 0.25) is 0 Å².